The molecule has 0 N–H and O–H groups in total. The van der Waals surface area contributed by atoms with Crippen LogP contribution in [0, 0.1) is 0 Å². The Morgan fingerprint density at radius 1 is 1.05 bits per heavy atom. The van der Waals surface area contributed by atoms with Crippen molar-refractivity contribution in [1.29, 1.82) is 0 Å². The fourth-order valence-electron chi connectivity index (χ4n) is 5.32. The number of hydrogen-bond donors (Lipinski definition) is 0. The van der Waals surface area contributed by atoms with E-state index in [1.807, 2.05) is 69.3 Å². The summed E-state index contributed by atoms with van der Waals surface area (Å²) in [5.74, 6) is 1.41. The Hall–Kier alpha value is -3.59. The SMILES string of the molecule is C=CCOc1ccc([C@@H]2[C@@H](OCc3cc(OC)c4ccccc4c3)CN(C(=O)OC(C)(C)C)C[C@H]2OC[C@H]2CO2)cc1. The van der Waals surface area contributed by atoms with Gasteiger partial charge in [-0.25, -0.2) is 4.79 Å². The molecule has 0 saturated carbocycles. The van der Waals surface area contributed by atoms with Crippen LogP contribution in [0.15, 0.2) is 73.3 Å². The molecule has 4 atom stereocenters. The number of likely N-dealkylation sites (tertiary alicyclic amines) is 1. The lowest BCUT2D eigenvalue weighted by Gasteiger charge is -2.43. The van der Waals surface area contributed by atoms with E-state index >= 15 is 0 Å². The topological polar surface area (TPSA) is 79.0 Å². The van der Waals surface area contributed by atoms with Gasteiger partial charge in [0.25, 0.3) is 0 Å². The minimum atomic E-state index is -0.620. The summed E-state index contributed by atoms with van der Waals surface area (Å²) in [6.07, 6.45) is 0.726. The first-order chi connectivity index (χ1) is 20.2. The van der Waals surface area contributed by atoms with Gasteiger partial charge in [-0.15, -0.1) is 0 Å². The van der Waals surface area contributed by atoms with Gasteiger partial charge in [0.2, 0.25) is 0 Å². The van der Waals surface area contributed by atoms with Gasteiger partial charge in [0.1, 0.15) is 29.8 Å². The molecule has 2 fully saturated rings. The van der Waals surface area contributed by atoms with E-state index in [4.69, 9.17) is 28.4 Å². The fourth-order valence-corrected chi connectivity index (χ4v) is 5.32. The number of carbonyl (C=O) groups excluding carboxylic acids is 1. The molecule has 2 aliphatic rings. The predicted octanol–water partition coefficient (Wildman–Crippen LogP) is 6.12. The Kier molecular flexibility index (Phi) is 9.36. The van der Waals surface area contributed by atoms with Crippen molar-refractivity contribution >= 4 is 16.9 Å². The quantitative estimate of drug-likeness (QED) is 0.201. The van der Waals surface area contributed by atoms with Crippen LogP contribution < -0.4 is 9.47 Å². The molecule has 8 nitrogen and oxygen atoms in total. The normalized spacial score (nSPS) is 22.0. The van der Waals surface area contributed by atoms with Gasteiger partial charge in [-0.1, -0.05) is 49.1 Å². The lowest BCUT2D eigenvalue weighted by Crippen LogP contribution is -2.55. The summed E-state index contributed by atoms with van der Waals surface area (Å²) in [7, 11) is 1.68. The van der Waals surface area contributed by atoms with Gasteiger partial charge >= 0.3 is 6.09 Å². The number of nitrogens with zero attached hydrogens (tertiary/aromatic N) is 1. The van der Waals surface area contributed by atoms with Gasteiger partial charge in [0.05, 0.1) is 52.2 Å². The van der Waals surface area contributed by atoms with Crippen LogP contribution in [0.25, 0.3) is 10.8 Å². The van der Waals surface area contributed by atoms with E-state index in [9.17, 15) is 4.79 Å². The monoisotopic (exact) mass is 575 g/mol. The third kappa shape index (κ3) is 7.62. The molecule has 0 radical (unpaired) electrons. The number of benzene rings is 3. The minimum Gasteiger partial charge on any atom is -0.496 e. The van der Waals surface area contributed by atoms with Crippen LogP contribution >= 0.6 is 0 Å². The average Bonchev–Trinajstić information content (AvgIpc) is 3.81. The van der Waals surface area contributed by atoms with Gasteiger partial charge < -0.3 is 33.3 Å². The van der Waals surface area contributed by atoms with Crippen LogP contribution in [0.3, 0.4) is 0 Å². The van der Waals surface area contributed by atoms with Crippen LogP contribution in [0.1, 0.15) is 37.8 Å². The Labute approximate surface area is 248 Å². The lowest BCUT2D eigenvalue weighted by atomic mass is 9.84. The molecule has 42 heavy (non-hydrogen) atoms. The van der Waals surface area contributed by atoms with E-state index in [-0.39, 0.29) is 30.3 Å². The molecule has 5 rings (SSSR count). The van der Waals surface area contributed by atoms with Crippen LogP contribution in [0.5, 0.6) is 11.5 Å². The van der Waals surface area contributed by atoms with E-state index in [2.05, 4.69) is 18.7 Å². The molecule has 0 spiro atoms. The van der Waals surface area contributed by atoms with E-state index < -0.39 is 5.60 Å². The van der Waals surface area contributed by atoms with Crippen molar-refractivity contribution in [3.8, 4) is 11.5 Å². The molecular weight excluding hydrogens is 534 g/mol. The first-order valence-corrected chi connectivity index (χ1v) is 14.5. The van der Waals surface area contributed by atoms with E-state index in [0.29, 0.717) is 39.5 Å². The fraction of sp³-hybridized carbons (Fsp3) is 0.441. The zero-order valence-corrected chi connectivity index (χ0v) is 24.9. The summed E-state index contributed by atoms with van der Waals surface area (Å²) < 4.78 is 35.7. The summed E-state index contributed by atoms with van der Waals surface area (Å²) in [5.41, 5.74) is 1.41. The Morgan fingerprint density at radius 3 is 2.43 bits per heavy atom. The molecule has 0 unspecified atom stereocenters. The van der Waals surface area contributed by atoms with Crippen molar-refractivity contribution in [2.45, 2.75) is 57.2 Å². The number of amides is 1. The van der Waals surface area contributed by atoms with Gasteiger partial charge in [0.15, 0.2) is 0 Å². The molecule has 3 aromatic carbocycles. The number of carbonyl (C=O) groups is 1. The summed E-state index contributed by atoms with van der Waals surface area (Å²) in [4.78, 5) is 15.0. The number of fused-ring (bicyclic) bond motifs is 1. The van der Waals surface area contributed by atoms with Crippen molar-refractivity contribution in [3.63, 3.8) is 0 Å². The second-order valence-electron chi connectivity index (χ2n) is 11.8. The zero-order valence-electron chi connectivity index (χ0n) is 24.9. The van der Waals surface area contributed by atoms with Crippen LogP contribution in [-0.2, 0) is 25.6 Å². The molecular formula is C34H41NO7. The van der Waals surface area contributed by atoms with Gasteiger partial charge in [-0.3, -0.25) is 0 Å². The number of methoxy groups -OCH3 is 1. The maximum absolute atomic E-state index is 13.3. The minimum absolute atomic E-state index is 0.0849. The van der Waals surface area contributed by atoms with Crippen molar-refractivity contribution in [2.24, 2.45) is 0 Å². The maximum Gasteiger partial charge on any atom is 0.410 e. The van der Waals surface area contributed by atoms with Crippen molar-refractivity contribution in [3.05, 3.63) is 84.4 Å². The number of piperidine rings is 1. The number of hydrogen-bond acceptors (Lipinski definition) is 7. The molecule has 2 aliphatic heterocycles. The Balaban J connectivity index is 1.44. The second kappa shape index (κ2) is 13.2. The molecule has 0 bridgehead atoms. The highest BCUT2D eigenvalue weighted by Gasteiger charge is 2.43. The molecule has 1 amide bonds. The Bertz CT molecular complexity index is 1360. The van der Waals surface area contributed by atoms with Crippen LogP contribution in [-0.4, -0.2) is 74.9 Å². The van der Waals surface area contributed by atoms with E-state index in [1.165, 1.54) is 0 Å². The maximum atomic E-state index is 13.3. The second-order valence-corrected chi connectivity index (χ2v) is 11.8. The number of ether oxygens (including phenoxy) is 6. The molecule has 0 aliphatic carbocycles. The predicted molar refractivity (Wildman–Crippen MR) is 161 cm³/mol. The van der Waals surface area contributed by atoms with Crippen molar-refractivity contribution < 1.29 is 33.2 Å². The van der Waals surface area contributed by atoms with Crippen molar-refractivity contribution in [1.82, 2.24) is 4.90 Å². The number of rotatable bonds is 11. The third-order valence-corrected chi connectivity index (χ3v) is 7.35. The summed E-state index contributed by atoms with van der Waals surface area (Å²) in [5, 5.41) is 2.12. The molecule has 3 aromatic rings. The highest BCUT2D eigenvalue weighted by molar-refractivity contribution is 5.89. The van der Waals surface area contributed by atoms with Gasteiger partial charge in [-0.2, -0.15) is 0 Å². The average molecular weight is 576 g/mol. The Morgan fingerprint density at radius 2 is 1.76 bits per heavy atom. The van der Waals surface area contributed by atoms with Gasteiger partial charge in [0, 0.05) is 11.3 Å². The molecule has 0 aromatic heterocycles. The smallest absolute Gasteiger partial charge is 0.410 e. The lowest BCUT2D eigenvalue weighted by molar-refractivity contribution is -0.0976. The molecule has 8 heteroatoms. The largest absolute Gasteiger partial charge is 0.496 e. The zero-order chi connectivity index (χ0) is 29.7. The first-order valence-electron chi connectivity index (χ1n) is 14.5. The standard InChI is InChI=1S/C34H41NO7/c1-6-15-38-26-13-11-24(12-14-26)32-30(40-20-23-16-25-9-7-8-10-28(25)29(17-23)37-5)18-35(33(36)42-34(2,3)4)19-31(32)41-22-27-21-39-27/h6-14,16-17,27,30-32H,1,15,18-22H2,2-5H3/t27-,30+,31-,32-/m1/s1. The van der Waals surface area contributed by atoms with Gasteiger partial charge in [-0.05, 0) is 61.5 Å². The van der Waals surface area contributed by atoms with Crippen molar-refractivity contribution in [2.75, 3.05) is 40.0 Å². The van der Waals surface area contributed by atoms with Crippen LogP contribution in [0.2, 0.25) is 0 Å². The molecule has 2 heterocycles. The van der Waals surface area contributed by atoms with E-state index in [1.54, 1.807) is 18.1 Å². The number of epoxide rings is 1. The van der Waals surface area contributed by atoms with E-state index in [0.717, 1.165) is 33.4 Å². The summed E-state index contributed by atoms with van der Waals surface area (Å²) >= 11 is 0. The molecule has 224 valence electrons. The highest BCUT2D eigenvalue weighted by atomic mass is 16.6. The molecule has 2 saturated heterocycles. The summed E-state index contributed by atoms with van der Waals surface area (Å²) in [6.45, 7) is 12.0. The summed E-state index contributed by atoms with van der Waals surface area (Å²) in [6, 6.07) is 20.2. The highest BCUT2D eigenvalue weighted by Crippen LogP contribution is 2.36. The first kappa shape index (κ1) is 29.9. The van der Waals surface area contributed by atoms with Crippen LogP contribution in [0.4, 0.5) is 4.79 Å². The third-order valence-electron chi connectivity index (χ3n) is 7.35.